The second-order valence-corrected chi connectivity index (χ2v) is 8.67. The second kappa shape index (κ2) is 9.14. The van der Waals surface area contributed by atoms with Gasteiger partial charge in [0, 0.05) is 10.6 Å². The van der Waals surface area contributed by atoms with E-state index in [0.29, 0.717) is 9.92 Å². The molecule has 0 saturated heterocycles. The van der Waals surface area contributed by atoms with Crippen LogP contribution in [-0.2, 0) is 9.53 Å². The quantitative estimate of drug-likeness (QED) is 0.151. The maximum absolute atomic E-state index is 12.8. The maximum Gasteiger partial charge on any atom is 0.329 e. The Morgan fingerprint density at radius 2 is 1.42 bits per heavy atom. The molecule has 0 saturated carbocycles. The number of ether oxygens (including phenoxy) is 1. The predicted octanol–water partition coefficient (Wildman–Crippen LogP) is 6.02. The number of nitrogens with zero attached hydrogens (tertiary/aromatic N) is 1. The Morgan fingerprint density at radius 3 is 1.90 bits per heavy atom. The van der Waals surface area contributed by atoms with Crippen molar-refractivity contribution in [2.75, 3.05) is 6.61 Å². The summed E-state index contributed by atoms with van der Waals surface area (Å²) in [5.41, 5.74) is -0.445. The molecule has 0 radical (unpaired) electrons. The van der Waals surface area contributed by atoms with Gasteiger partial charge in [0.2, 0.25) is 5.78 Å². The fourth-order valence-corrected chi connectivity index (χ4v) is 4.40. The normalized spacial score (nSPS) is 14.0. The van der Waals surface area contributed by atoms with Crippen LogP contribution in [0.15, 0.2) is 18.2 Å². The summed E-state index contributed by atoms with van der Waals surface area (Å²) < 4.78 is 4.98. The molecule has 1 aliphatic rings. The van der Waals surface area contributed by atoms with E-state index in [2.05, 4.69) is 0 Å². The van der Waals surface area contributed by atoms with Crippen molar-refractivity contribution < 1.29 is 23.9 Å². The standard InChI is InChI=1S/C19H9Cl6NO5/c1-6(19(30)31-5-10(27)8-3-2-7(20)4-9(8)21)26-17(28)11-12(18(26)29)14(23)16(25)15(24)13(11)22/h2-4,6H,5H2,1H3/t6-/m1/s1. The third-order valence-electron chi connectivity index (χ3n) is 4.44. The molecule has 0 N–H and O–H groups in total. The number of ketones is 1. The van der Waals surface area contributed by atoms with Gasteiger partial charge in [-0.05, 0) is 25.1 Å². The summed E-state index contributed by atoms with van der Waals surface area (Å²) in [5, 5.41) is -0.512. The molecule has 1 heterocycles. The summed E-state index contributed by atoms with van der Waals surface area (Å²) in [5.74, 6) is -3.42. The molecule has 6 nitrogen and oxygen atoms in total. The molecule has 0 unspecified atom stereocenters. The van der Waals surface area contributed by atoms with E-state index >= 15 is 0 Å². The summed E-state index contributed by atoms with van der Waals surface area (Å²) in [6, 6.07) is 2.80. The van der Waals surface area contributed by atoms with Gasteiger partial charge in [-0.2, -0.15) is 0 Å². The highest BCUT2D eigenvalue weighted by atomic mass is 35.5. The highest BCUT2D eigenvalue weighted by Crippen LogP contribution is 2.45. The largest absolute Gasteiger partial charge is 0.456 e. The first kappa shape index (κ1) is 24.1. The highest BCUT2D eigenvalue weighted by molar-refractivity contribution is 6.55. The van der Waals surface area contributed by atoms with Gasteiger partial charge in [-0.25, -0.2) is 4.79 Å². The number of imide groups is 1. The Bertz CT molecular complexity index is 1120. The van der Waals surface area contributed by atoms with Gasteiger partial charge in [-0.3, -0.25) is 19.3 Å². The number of fused-ring (bicyclic) bond motifs is 1. The number of hydrogen-bond acceptors (Lipinski definition) is 5. The summed E-state index contributed by atoms with van der Waals surface area (Å²) in [4.78, 5) is 50.9. The number of Topliss-reactive ketones (excluding diaryl/α,β-unsaturated/α-hetero) is 1. The van der Waals surface area contributed by atoms with Crippen molar-refractivity contribution in [1.82, 2.24) is 4.90 Å². The Kier molecular flexibility index (Phi) is 7.11. The monoisotopic (exact) mass is 541 g/mol. The third kappa shape index (κ3) is 4.25. The van der Waals surface area contributed by atoms with Crippen LogP contribution in [0.25, 0.3) is 0 Å². The first-order chi connectivity index (χ1) is 14.5. The number of halogens is 6. The molecule has 1 aliphatic heterocycles. The van der Waals surface area contributed by atoms with Gasteiger partial charge in [0.05, 0.1) is 36.2 Å². The minimum Gasteiger partial charge on any atom is -0.456 e. The van der Waals surface area contributed by atoms with Gasteiger partial charge in [0.1, 0.15) is 6.04 Å². The Hall–Kier alpha value is -1.54. The van der Waals surface area contributed by atoms with E-state index in [0.717, 1.165) is 0 Å². The smallest absolute Gasteiger partial charge is 0.329 e. The van der Waals surface area contributed by atoms with Crippen molar-refractivity contribution in [3.8, 4) is 0 Å². The van der Waals surface area contributed by atoms with Crippen LogP contribution < -0.4 is 0 Å². The van der Waals surface area contributed by atoms with Gasteiger partial charge < -0.3 is 4.74 Å². The van der Waals surface area contributed by atoms with Crippen LogP contribution in [0.5, 0.6) is 0 Å². The molecular weight excluding hydrogens is 535 g/mol. The fraction of sp³-hybridized carbons (Fsp3) is 0.158. The summed E-state index contributed by atoms with van der Waals surface area (Å²) in [6.07, 6.45) is 0. The zero-order chi connectivity index (χ0) is 23.2. The molecular formula is C19H9Cl6NO5. The van der Waals surface area contributed by atoms with Crippen molar-refractivity contribution in [1.29, 1.82) is 0 Å². The van der Waals surface area contributed by atoms with Crippen molar-refractivity contribution >= 4 is 93.2 Å². The molecule has 12 heteroatoms. The van der Waals surface area contributed by atoms with E-state index < -0.39 is 36.2 Å². The van der Waals surface area contributed by atoms with Gasteiger partial charge in [0.25, 0.3) is 11.8 Å². The van der Waals surface area contributed by atoms with Crippen LogP contribution in [0.3, 0.4) is 0 Å². The van der Waals surface area contributed by atoms with Crippen LogP contribution in [0.2, 0.25) is 30.1 Å². The van der Waals surface area contributed by atoms with Gasteiger partial charge in [0.15, 0.2) is 6.61 Å². The molecule has 0 aliphatic carbocycles. The number of benzene rings is 2. The highest BCUT2D eigenvalue weighted by Gasteiger charge is 2.45. The fourth-order valence-electron chi connectivity index (χ4n) is 2.87. The summed E-state index contributed by atoms with van der Waals surface area (Å²) in [7, 11) is 0. The number of rotatable bonds is 5. The topological polar surface area (TPSA) is 80.8 Å². The van der Waals surface area contributed by atoms with E-state index in [9.17, 15) is 19.2 Å². The molecule has 162 valence electrons. The summed E-state index contributed by atoms with van der Waals surface area (Å²) >= 11 is 35.8. The SMILES string of the molecule is C[C@H](C(=O)OCC(=O)c1ccc(Cl)cc1Cl)N1C(=O)c2c(Cl)c(Cl)c(Cl)c(Cl)c2C1=O. The Labute approximate surface area is 205 Å². The lowest BCUT2D eigenvalue weighted by Gasteiger charge is -2.20. The molecule has 1 atom stereocenters. The van der Waals surface area contributed by atoms with Gasteiger partial charge >= 0.3 is 5.97 Å². The van der Waals surface area contributed by atoms with Gasteiger partial charge in [-0.1, -0.05) is 69.6 Å². The molecule has 3 rings (SSSR count). The van der Waals surface area contributed by atoms with E-state index in [-0.39, 0.29) is 41.8 Å². The van der Waals surface area contributed by atoms with Crippen molar-refractivity contribution in [2.24, 2.45) is 0 Å². The first-order valence-electron chi connectivity index (χ1n) is 8.36. The molecule has 0 aromatic heterocycles. The molecule has 0 spiro atoms. The van der Waals surface area contributed by atoms with Crippen molar-refractivity contribution in [2.45, 2.75) is 13.0 Å². The van der Waals surface area contributed by atoms with Crippen LogP contribution in [0.4, 0.5) is 0 Å². The van der Waals surface area contributed by atoms with E-state index in [4.69, 9.17) is 74.3 Å². The minimum absolute atomic E-state index is 0.0833. The number of amides is 2. The first-order valence-corrected chi connectivity index (χ1v) is 10.6. The zero-order valence-electron chi connectivity index (χ0n) is 15.3. The predicted molar refractivity (Wildman–Crippen MR) is 118 cm³/mol. The van der Waals surface area contributed by atoms with Crippen molar-refractivity contribution in [3.05, 3.63) is 65.0 Å². The second-order valence-electron chi connectivity index (χ2n) is 6.32. The number of esters is 1. The van der Waals surface area contributed by atoms with Crippen LogP contribution in [0.1, 0.15) is 38.0 Å². The van der Waals surface area contributed by atoms with Crippen LogP contribution in [0, 0.1) is 0 Å². The Balaban J connectivity index is 1.79. The average Bonchev–Trinajstić information content (AvgIpc) is 2.98. The Morgan fingerprint density at radius 1 is 0.903 bits per heavy atom. The van der Waals surface area contributed by atoms with Gasteiger partial charge in [-0.15, -0.1) is 0 Å². The lowest BCUT2D eigenvalue weighted by molar-refractivity contribution is -0.146. The molecule has 0 fully saturated rings. The van der Waals surface area contributed by atoms with E-state index in [1.807, 2.05) is 0 Å². The third-order valence-corrected chi connectivity index (χ3v) is 6.79. The lowest BCUT2D eigenvalue weighted by atomic mass is 10.1. The summed E-state index contributed by atoms with van der Waals surface area (Å²) in [6.45, 7) is 0.571. The lowest BCUT2D eigenvalue weighted by Crippen LogP contribution is -2.44. The zero-order valence-corrected chi connectivity index (χ0v) is 19.8. The molecule has 0 bridgehead atoms. The minimum atomic E-state index is -1.40. The molecule has 2 aromatic rings. The number of hydrogen-bond donors (Lipinski definition) is 0. The van der Waals surface area contributed by atoms with E-state index in [1.54, 1.807) is 0 Å². The number of carbonyl (C=O) groups excluding carboxylic acids is 4. The average molecular weight is 544 g/mol. The van der Waals surface area contributed by atoms with Crippen LogP contribution in [-0.4, -0.2) is 41.1 Å². The maximum atomic E-state index is 12.8. The molecule has 2 aromatic carbocycles. The molecule has 31 heavy (non-hydrogen) atoms. The molecule has 2 amide bonds. The van der Waals surface area contributed by atoms with Crippen LogP contribution >= 0.6 is 69.6 Å². The van der Waals surface area contributed by atoms with Crippen molar-refractivity contribution in [3.63, 3.8) is 0 Å². The number of carbonyl (C=O) groups is 4. The van der Waals surface area contributed by atoms with E-state index in [1.165, 1.54) is 25.1 Å².